The van der Waals surface area contributed by atoms with Gasteiger partial charge in [-0.2, -0.15) is 0 Å². The topological polar surface area (TPSA) is 23.5 Å². The second-order valence-electron chi connectivity index (χ2n) is 5.94. The summed E-state index contributed by atoms with van der Waals surface area (Å²) >= 11 is 1.83. The van der Waals surface area contributed by atoms with Crippen molar-refractivity contribution in [2.45, 2.75) is 52.1 Å². The Labute approximate surface area is 115 Å². The third-order valence-corrected chi connectivity index (χ3v) is 5.07. The van der Waals surface area contributed by atoms with Crippen molar-refractivity contribution < 1.29 is 5.11 Å². The first kappa shape index (κ1) is 14.0. The molecule has 1 N–H and O–H groups in total. The lowest BCUT2D eigenvalue weighted by Gasteiger charge is -2.36. The number of hydrogen-bond acceptors (Lipinski definition) is 3. The van der Waals surface area contributed by atoms with Gasteiger partial charge in [-0.05, 0) is 38.1 Å². The molecule has 0 unspecified atom stereocenters. The maximum atomic E-state index is 9.75. The molecule has 0 bridgehead atoms. The van der Waals surface area contributed by atoms with Gasteiger partial charge in [0.05, 0.1) is 0 Å². The molecule has 2 rings (SSSR count). The van der Waals surface area contributed by atoms with Crippen molar-refractivity contribution in [1.82, 2.24) is 4.90 Å². The van der Waals surface area contributed by atoms with Gasteiger partial charge in [0.15, 0.2) is 0 Å². The highest BCUT2D eigenvalue weighted by Gasteiger charge is 2.35. The number of aliphatic hydroxyl groups is 1. The lowest BCUT2D eigenvalue weighted by atomic mass is 9.86. The van der Waals surface area contributed by atoms with Gasteiger partial charge < -0.3 is 5.11 Å². The summed E-state index contributed by atoms with van der Waals surface area (Å²) in [5, 5.41) is 11.9. The minimum Gasteiger partial charge on any atom is -0.396 e. The van der Waals surface area contributed by atoms with E-state index in [1.807, 2.05) is 11.3 Å². The maximum Gasteiger partial charge on any atom is 0.0499 e. The van der Waals surface area contributed by atoms with Gasteiger partial charge in [-0.25, -0.2) is 0 Å². The molecule has 1 aliphatic carbocycles. The Morgan fingerprint density at radius 3 is 2.61 bits per heavy atom. The van der Waals surface area contributed by atoms with Crippen LogP contribution in [0.2, 0.25) is 0 Å². The van der Waals surface area contributed by atoms with E-state index in [0.717, 1.165) is 13.1 Å². The molecule has 18 heavy (non-hydrogen) atoms. The number of thiophene rings is 1. The van der Waals surface area contributed by atoms with Gasteiger partial charge in [0, 0.05) is 36.0 Å². The van der Waals surface area contributed by atoms with Gasteiger partial charge in [-0.15, -0.1) is 11.3 Å². The van der Waals surface area contributed by atoms with Crippen molar-refractivity contribution in [3.63, 3.8) is 0 Å². The highest BCUT2D eigenvalue weighted by molar-refractivity contribution is 7.09. The van der Waals surface area contributed by atoms with Crippen molar-refractivity contribution in [3.8, 4) is 0 Å². The predicted octanol–water partition coefficient (Wildman–Crippen LogP) is 3.51. The van der Waals surface area contributed by atoms with Crippen molar-refractivity contribution in [2.24, 2.45) is 5.41 Å². The highest BCUT2D eigenvalue weighted by atomic mass is 32.1. The Kier molecular flexibility index (Phi) is 4.82. The van der Waals surface area contributed by atoms with E-state index in [4.69, 9.17) is 0 Å². The first-order valence-corrected chi connectivity index (χ1v) is 7.90. The third kappa shape index (κ3) is 3.34. The lowest BCUT2D eigenvalue weighted by molar-refractivity contribution is 0.0610. The molecular weight excluding hydrogens is 242 g/mol. The predicted molar refractivity (Wildman–Crippen MR) is 77.9 cm³/mol. The van der Waals surface area contributed by atoms with Gasteiger partial charge in [0.1, 0.15) is 0 Å². The van der Waals surface area contributed by atoms with Gasteiger partial charge in [-0.3, -0.25) is 4.90 Å². The van der Waals surface area contributed by atoms with Crippen LogP contribution in [0.1, 0.15) is 44.4 Å². The molecule has 0 radical (unpaired) electrons. The minimum absolute atomic E-state index is 0.168. The van der Waals surface area contributed by atoms with Crippen LogP contribution in [-0.4, -0.2) is 29.2 Å². The molecular formula is C15H25NOS. The van der Waals surface area contributed by atoms with Crippen LogP contribution in [0, 0.1) is 5.41 Å². The zero-order chi connectivity index (χ0) is 13.0. The number of nitrogens with zero attached hydrogens (tertiary/aromatic N) is 1. The third-order valence-electron chi connectivity index (χ3n) is 4.21. The van der Waals surface area contributed by atoms with Gasteiger partial charge in [0.25, 0.3) is 0 Å². The van der Waals surface area contributed by atoms with Crippen LogP contribution >= 0.6 is 11.3 Å². The largest absolute Gasteiger partial charge is 0.396 e. The van der Waals surface area contributed by atoms with Crippen molar-refractivity contribution in [1.29, 1.82) is 0 Å². The van der Waals surface area contributed by atoms with Crippen molar-refractivity contribution in [2.75, 3.05) is 13.2 Å². The van der Waals surface area contributed by atoms with E-state index in [2.05, 4.69) is 36.3 Å². The molecule has 0 aromatic carbocycles. The zero-order valence-electron chi connectivity index (χ0n) is 11.6. The molecule has 0 spiro atoms. The Bertz CT molecular complexity index is 341. The van der Waals surface area contributed by atoms with E-state index in [9.17, 15) is 5.11 Å². The summed E-state index contributed by atoms with van der Waals surface area (Å²) in [5.41, 5.74) is 0.168. The molecule has 1 saturated carbocycles. The quantitative estimate of drug-likeness (QED) is 0.852. The summed E-state index contributed by atoms with van der Waals surface area (Å²) in [6, 6.07) is 4.87. The summed E-state index contributed by atoms with van der Waals surface area (Å²) in [4.78, 5) is 3.95. The molecule has 102 valence electrons. The Balaban J connectivity index is 2.01. The van der Waals surface area contributed by atoms with E-state index in [1.165, 1.54) is 30.6 Å². The summed E-state index contributed by atoms with van der Waals surface area (Å²) in [7, 11) is 0. The molecule has 1 aromatic heterocycles. The van der Waals surface area contributed by atoms with E-state index < -0.39 is 0 Å². The fourth-order valence-corrected chi connectivity index (χ4v) is 3.68. The van der Waals surface area contributed by atoms with Crippen molar-refractivity contribution in [3.05, 3.63) is 22.4 Å². The average Bonchev–Trinajstić information content (AvgIpc) is 3.00. The second-order valence-corrected chi connectivity index (χ2v) is 6.98. The molecule has 2 nitrogen and oxygen atoms in total. The second kappa shape index (κ2) is 6.18. The molecule has 3 heteroatoms. The molecule has 1 fully saturated rings. The monoisotopic (exact) mass is 267 g/mol. The van der Waals surface area contributed by atoms with Crippen LogP contribution in [0.4, 0.5) is 0 Å². The summed E-state index contributed by atoms with van der Waals surface area (Å²) in [5.74, 6) is 0. The zero-order valence-corrected chi connectivity index (χ0v) is 12.4. The lowest BCUT2D eigenvalue weighted by Crippen LogP contribution is -2.41. The van der Waals surface area contributed by atoms with E-state index in [1.54, 1.807) is 0 Å². The fraction of sp³-hybridized carbons (Fsp3) is 0.733. The number of rotatable bonds is 6. The molecule has 1 aliphatic rings. The highest BCUT2D eigenvalue weighted by Crippen LogP contribution is 2.39. The van der Waals surface area contributed by atoms with Crippen LogP contribution in [0.15, 0.2) is 17.5 Å². The molecule has 0 aliphatic heterocycles. The average molecular weight is 267 g/mol. The Morgan fingerprint density at radius 2 is 2.11 bits per heavy atom. The standard InChI is InChI=1S/C15H25NOS/c1-13(2)16(10-14-6-5-9-18-14)11-15(12-17)7-3-4-8-15/h5-6,9,13,17H,3-4,7-8,10-12H2,1-2H3. The first-order valence-electron chi connectivity index (χ1n) is 7.02. The SMILES string of the molecule is CC(C)N(Cc1cccs1)CC1(CO)CCCC1. The molecule has 1 heterocycles. The summed E-state index contributed by atoms with van der Waals surface area (Å²) in [6.07, 6.45) is 4.95. The van der Waals surface area contributed by atoms with Crippen LogP contribution in [-0.2, 0) is 6.54 Å². The Morgan fingerprint density at radius 1 is 1.39 bits per heavy atom. The molecule has 0 amide bonds. The van der Waals surface area contributed by atoms with Crippen LogP contribution in [0.3, 0.4) is 0 Å². The molecule has 1 aromatic rings. The van der Waals surface area contributed by atoms with Crippen LogP contribution < -0.4 is 0 Å². The van der Waals surface area contributed by atoms with Crippen LogP contribution in [0.25, 0.3) is 0 Å². The summed E-state index contributed by atoms with van der Waals surface area (Å²) < 4.78 is 0. The Hall–Kier alpha value is -0.380. The number of hydrogen-bond donors (Lipinski definition) is 1. The maximum absolute atomic E-state index is 9.75. The van der Waals surface area contributed by atoms with Crippen LogP contribution in [0.5, 0.6) is 0 Å². The van der Waals surface area contributed by atoms with E-state index in [-0.39, 0.29) is 5.41 Å². The fourth-order valence-electron chi connectivity index (χ4n) is 2.95. The minimum atomic E-state index is 0.168. The van der Waals surface area contributed by atoms with Crippen molar-refractivity contribution >= 4 is 11.3 Å². The smallest absolute Gasteiger partial charge is 0.0499 e. The molecule has 0 saturated heterocycles. The number of aliphatic hydroxyl groups excluding tert-OH is 1. The summed E-state index contributed by atoms with van der Waals surface area (Å²) in [6.45, 7) is 6.93. The molecule has 0 atom stereocenters. The van der Waals surface area contributed by atoms with Gasteiger partial charge in [-0.1, -0.05) is 18.9 Å². The first-order chi connectivity index (χ1) is 8.65. The van der Waals surface area contributed by atoms with E-state index in [0.29, 0.717) is 12.6 Å². The van der Waals surface area contributed by atoms with E-state index >= 15 is 0 Å². The van der Waals surface area contributed by atoms with Gasteiger partial charge >= 0.3 is 0 Å². The van der Waals surface area contributed by atoms with Gasteiger partial charge in [0.2, 0.25) is 0 Å². The normalized spacial score (nSPS) is 18.9.